The maximum absolute atomic E-state index is 11.3. The van der Waals surface area contributed by atoms with Gasteiger partial charge in [0, 0.05) is 13.2 Å². The predicted molar refractivity (Wildman–Crippen MR) is 48.6 cm³/mol. The van der Waals surface area contributed by atoms with Crippen LogP contribution >= 0.6 is 0 Å². The minimum atomic E-state index is -0.322. The van der Waals surface area contributed by atoms with E-state index >= 15 is 0 Å². The fourth-order valence-corrected chi connectivity index (χ4v) is 1.20. The molecule has 4 nitrogen and oxygen atoms in total. The Bertz CT molecular complexity index is 315. The summed E-state index contributed by atoms with van der Waals surface area (Å²) in [5, 5.41) is 4.20. The lowest BCUT2D eigenvalue weighted by molar-refractivity contribution is 0.0599. The normalized spacial score (nSPS) is 10.5. The van der Waals surface area contributed by atoms with Gasteiger partial charge in [-0.1, -0.05) is 13.8 Å². The molecule has 0 atom stereocenters. The number of carbonyl (C=O) groups excluding carboxylic acids is 1. The van der Waals surface area contributed by atoms with Crippen molar-refractivity contribution in [2.24, 2.45) is 7.05 Å². The molecule has 0 saturated heterocycles. The highest BCUT2D eigenvalue weighted by Gasteiger charge is 2.17. The second-order valence-corrected chi connectivity index (χ2v) is 3.25. The Balaban J connectivity index is 3.11. The molecule has 0 aliphatic heterocycles. The van der Waals surface area contributed by atoms with Crippen LogP contribution < -0.4 is 0 Å². The van der Waals surface area contributed by atoms with E-state index in [-0.39, 0.29) is 11.9 Å². The first kappa shape index (κ1) is 9.77. The number of nitrogens with zero attached hydrogens (tertiary/aromatic N) is 2. The van der Waals surface area contributed by atoms with Gasteiger partial charge in [-0.15, -0.1) is 0 Å². The van der Waals surface area contributed by atoms with Crippen LogP contribution in [0.15, 0.2) is 6.20 Å². The summed E-state index contributed by atoms with van der Waals surface area (Å²) < 4.78 is 6.27. The summed E-state index contributed by atoms with van der Waals surface area (Å²) in [4.78, 5) is 11.3. The van der Waals surface area contributed by atoms with E-state index in [0.29, 0.717) is 5.56 Å². The summed E-state index contributed by atoms with van der Waals surface area (Å²) in [6.07, 6.45) is 1.68. The number of carbonyl (C=O) groups is 1. The van der Waals surface area contributed by atoms with E-state index < -0.39 is 0 Å². The third kappa shape index (κ3) is 1.88. The Morgan fingerprint density at radius 2 is 2.23 bits per heavy atom. The number of hydrogen-bond acceptors (Lipinski definition) is 3. The van der Waals surface area contributed by atoms with Gasteiger partial charge in [0.1, 0.15) is 5.56 Å². The predicted octanol–water partition coefficient (Wildman–Crippen LogP) is 1.33. The zero-order valence-electron chi connectivity index (χ0n) is 8.37. The second kappa shape index (κ2) is 3.60. The summed E-state index contributed by atoms with van der Waals surface area (Å²) in [6, 6.07) is 0. The Morgan fingerprint density at radius 3 is 2.69 bits per heavy atom. The lowest BCUT2D eigenvalue weighted by Gasteiger charge is -2.02. The first-order valence-electron chi connectivity index (χ1n) is 4.18. The SMILES string of the molecule is COC(=O)c1cn(C)nc1C(C)C. The van der Waals surface area contributed by atoms with Crippen LogP contribution in [0.1, 0.15) is 35.8 Å². The van der Waals surface area contributed by atoms with Crippen LogP contribution in [0.25, 0.3) is 0 Å². The zero-order valence-corrected chi connectivity index (χ0v) is 8.37. The van der Waals surface area contributed by atoms with E-state index in [1.54, 1.807) is 17.9 Å². The maximum atomic E-state index is 11.3. The van der Waals surface area contributed by atoms with Crippen molar-refractivity contribution in [3.63, 3.8) is 0 Å². The molecule has 0 saturated carbocycles. The van der Waals surface area contributed by atoms with Gasteiger partial charge in [0.2, 0.25) is 0 Å². The van der Waals surface area contributed by atoms with Gasteiger partial charge in [0.25, 0.3) is 0 Å². The van der Waals surface area contributed by atoms with Crippen molar-refractivity contribution in [1.29, 1.82) is 0 Å². The van der Waals surface area contributed by atoms with Gasteiger partial charge >= 0.3 is 5.97 Å². The lowest BCUT2D eigenvalue weighted by atomic mass is 10.1. The van der Waals surface area contributed by atoms with Crippen molar-refractivity contribution < 1.29 is 9.53 Å². The number of aromatic nitrogens is 2. The molecule has 1 heterocycles. The molecule has 1 rings (SSSR count). The number of methoxy groups -OCH3 is 1. The molecule has 72 valence electrons. The fraction of sp³-hybridized carbons (Fsp3) is 0.556. The van der Waals surface area contributed by atoms with E-state index in [4.69, 9.17) is 0 Å². The highest BCUT2D eigenvalue weighted by atomic mass is 16.5. The molecular formula is C9H14N2O2. The van der Waals surface area contributed by atoms with Crippen molar-refractivity contribution in [1.82, 2.24) is 9.78 Å². The molecule has 4 heteroatoms. The lowest BCUT2D eigenvalue weighted by Crippen LogP contribution is -2.04. The highest BCUT2D eigenvalue weighted by molar-refractivity contribution is 5.90. The molecule has 1 aromatic heterocycles. The third-order valence-electron chi connectivity index (χ3n) is 1.81. The topological polar surface area (TPSA) is 44.1 Å². The Kier molecular flexibility index (Phi) is 2.70. The monoisotopic (exact) mass is 182 g/mol. The smallest absolute Gasteiger partial charge is 0.341 e. The van der Waals surface area contributed by atoms with Crippen molar-refractivity contribution >= 4 is 5.97 Å². The summed E-state index contributed by atoms with van der Waals surface area (Å²) in [5.41, 5.74) is 1.34. The summed E-state index contributed by atoms with van der Waals surface area (Å²) in [6.45, 7) is 3.99. The van der Waals surface area contributed by atoms with Gasteiger partial charge in [-0.2, -0.15) is 5.10 Å². The number of hydrogen-bond donors (Lipinski definition) is 0. The number of ether oxygens (including phenoxy) is 1. The quantitative estimate of drug-likeness (QED) is 0.648. The van der Waals surface area contributed by atoms with Gasteiger partial charge in [0.15, 0.2) is 0 Å². The summed E-state index contributed by atoms with van der Waals surface area (Å²) in [5.74, 6) is -0.0906. The summed E-state index contributed by atoms with van der Waals surface area (Å²) in [7, 11) is 3.16. The van der Waals surface area contributed by atoms with Crippen LogP contribution in [0.3, 0.4) is 0 Å². The molecule has 13 heavy (non-hydrogen) atoms. The molecule has 0 radical (unpaired) electrons. The number of aryl methyl sites for hydroxylation is 1. The van der Waals surface area contributed by atoms with E-state index in [0.717, 1.165) is 5.69 Å². The molecular weight excluding hydrogens is 168 g/mol. The molecule has 0 unspecified atom stereocenters. The third-order valence-corrected chi connectivity index (χ3v) is 1.81. The van der Waals surface area contributed by atoms with Gasteiger partial charge in [0.05, 0.1) is 12.8 Å². The molecule has 0 fully saturated rings. The van der Waals surface area contributed by atoms with Gasteiger partial charge in [-0.25, -0.2) is 4.79 Å². The van der Waals surface area contributed by atoms with Crippen LogP contribution in [-0.2, 0) is 11.8 Å². The molecule has 0 aliphatic rings. The van der Waals surface area contributed by atoms with Crippen LogP contribution in [0.4, 0.5) is 0 Å². The molecule has 0 N–H and O–H groups in total. The Labute approximate surface area is 77.5 Å². The molecule has 1 aromatic rings. The van der Waals surface area contributed by atoms with Gasteiger partial charge < -0.3 is 4.74 Å². The average Bonchev–Trinajstić information content (AvgIpc) is 2.46. The Morgan fingerprint density at radius 1 is 1.62 bits per heavy atom. The average molecular weight is 182 g/mol. The van der Waals surface area contributed by atoms with Crippen molar-refractivity contribution in [2.75, 3.05) is 7.11 Å². The molecule has 0 aliphatic carbocycles. The largest absolute Gasteiger partial charge is 0.465 e. The number of esters is 1. The molecule has 0 amide bonds. The minimum absolute atomic E-state index is 0.232. The first-order chi connectivity index (χ1) is 6.06. The van der Waals surface area contributed by atoms with Gasteiger partial charge in [-0.05, 0) is 5.92 Å². The maximum Gasteiger partial charge on any atom is 0.341 e. The van der Waals surface area contributed by atoms with E-state index in [9.17, 15) is 4.79 Å². The summed E-state index contributed by atoms with van der Waals surface area (Å²) >= 11 is 0. The van der Waals surface area contributed by atoms with E-state index in [1.165, 1.54) is 7.11 Å². The van der Waals surface area contributed by atoms with Crippen LogP contribution in [0, 0.1) is 0 Å². The van der Waals surface area contributed by atoms with Crippen molar-refractivity contribution in [2.45, 2.75) is 19.8 Å². The minimum Gasteiger partial charge on any atom is -0.465 e. The van der Waals surface area contributed by atoms with Crippen LogP contribution in [0.2, 0.25) is 0 Å². The Hall–Kier alpha value is -1.32. The molecule has 0 aromatic carbocycles. The van der Waals surface area contributed by atoms with E-state index in [2.05, 4.69) is 9.84 Å². The zero-order chi connectivity index (χ0) is 10.0. The van der Waals surface area contributed by atoms with Gasteiger partial charge in [-0.3, -0.25) is 4.68 Å². The highest BCUT2D eigenvalue weighted by Crippen LogP contribution is 2.17. The second-order valence-electron chi connectivity index (χ2n) is 3.25. The molecule has 0 spiro atoms. The standard InChI is InChI=1S/C9H14N2O2/c1-6(2)8-7(9(12)13-4)5-11(3)10-8/h5-6H,1-4H3. The molecule has 0 bridgehead atoms. The van der Waals surface area contributed by atoms with Crippen LogP contribution in [-0.4, -0.2) is 22.9 Å². The van der Waals surface area contributed by atoms with Crippen molar-refractivity contribution in [3.8, 4) is 0 Å². The van der Waals surface area contributed by atoms with Crippen molar-refractivity contribution in [3.05, 3.63) is 17.5 Å². The number of rotatable bonds is 2. The first-order valence-corrected chi connectivity index (χ1v) is 4.18. The van der Waals surface area contributed by atoms with E-state index in [1.807, 2.05) is 13.8 Å². The van der Waals surface area contributed by atoms with Crippen LogP contribution in [0.5, 0.6) is 0 Å². The fourth-order valence-electron chi connectivity index (χ4n) is 1.20.